The summed E-state index contributed by atoms with van der Waals surface area (Å²) >= 11 is 0. The zero-order valence-corrected chi connectivity index (χ0v) is 19.9. The largest absolute Gasteiger partial charge is 0.505 e. The lowest BCUT2D eigenvalue weighted by atomic mass is 9.86. The SMILES string of the molecule is CCC1CN(CCOc2ccc([C@@H]3Oc4ccc(O)c(F)c4C(C)=C3c3ccc(F)cc3)cc2)C1. The molecule has 0 aliphatic carbocycles. The van der Waals surface area contributed by atoms with Crippen molar-refractivity contribution in [2.45, 2.75) is 26.4 Å². The molecule has 0 aromatic heterocycles. The van der Waals surface area contributed by atoms with Gasteiger partial charge in [0.25, 0.3) is 0 Å². The van der Waals surface area contributed by atoms with Gasteiger partial charge >= 0.3 is 0 Å². The lowest BCUT2D eigenvalue weighted by Gasteiger charge is -2.38. The van der Waals surface area contributed by atoms with Crippen molar-refractivity contribution in [3.8, 4) is 17.2 Å². The molecule has 6 heteroatoms. The summed E-state index contributed by atoms with van der Waals surface area (Å²) in [5.41, 5.74) is 3.17. The maximum atomic E-state index is 14.9. The molecule has 0 amide bonds. The number of likely N-dealkylation sites (tertiary alicyclic amines) is 1. The van der Waals surface area contributed by atoms with E-state index in [1.54, 1.807) is 25.1 Å². The van der Waals surface area contributed by atoms with E-state index in [0.717, 1.165) is 48.0 Å². The summed E-state index contributed by atoms with van der Waals surface area (Å²) < 4.78 is 40.7. The van der Waals surface area contributed by atoms with Gasteiger partial charge in [0.1, 0.15) is 30.0 Å². The second-order valence-electron chi connectivity index (χ2n) is 9.27. The van der Waals surface area contributed by atoms with Crippen LogP contribution in [0.1, 0.15) is 43.1 Å². The first-order chi connectivity index (χ1) is 16.9. The Bertz CT molecular complexity index is 1230. The lowest BCUT2D eigenvalue weighted by Crippen LogP contribution is -2.47. The van der Waals surface area contributed by atoms with Crippen molar-refractivity contribution in [3.63, 3.8) is 0 Å². The van der Waals surface area contributed by atoms with Gasteiger partial charge in [0.05, 0.1) is 5.56 Å². The van der Waals surface area contributed by atoms with Crippen LogP contribution in [0.25, 0.3) is 11.1 Å². The zero-order valence-electron chi connectivity index (χ0n) is 19.9. The number of benzene rings is 3. The number of hydrogen-bond donors (Lipinski definition) is 1. The summed E-state index contributed by atoms with van der Waals surface area (Å²) in [5, 5.41) is 9.93. The molecule has 0 spiro atoms. The molecular weight excluding hydrogens is 448 g/mol. The molecule has 4 nitrogen and oxygen atoms in total. The topological polar surface area (TPSA) is 41.9 Å². The Kier molecular flexibility index (Phi) is 6.48. The van der Waals surface area contributed by atoms with Crippen LogP contribution in [0, 0.1) is 17.6 Å². The molecule has 0 bridgehead atoms. The maximum Gasteiger partial charge on any atom is 0.176 e. The average molecular weight is 478 g/mol. The van der Waals surface area contributed by atoms with Crippen molar-refractivity contribution in [1.82, 2.24) is 4.90 Å². The number of ether oxygens (including phenoxy) is 2. The van der Waals surface area contributed by atoms with Gasteiger partial charge in [-0.1, -0.05) is 37.6 Å². The van der Waals surface area contributed by atoms with Crippen molar-refractivity contribution >= 4 is 11.1 Å². The monoisotopic (exact) mass is 477 g/mol. The average Bonchev–Trinajstić information content (AvgIpc) is 2.84. The molecule has 3 aromatic carbocycles. The predicted octanol–water partition coefficient (Wildman–Crippen LogP) is 6.46. The quantitative estimate of drug-likeness (QED) is 0.424. The first kappa shape index (κ1) is 23.4. The normalized spacial score (nSPS) is 18.1. The minimum atomic E-state index is -0.728. The number of rotatable bonds is 7. The number of aromatic hydroxyl groups is 1. The van der Waals surface area contributed by atoms with Gasteiger partial charge in [-0.05, 0) is 65.9 Å². The molecule has 0 radical (unpaired) electrons. The highest BCUT2D eigenvalue weighted by Crippen LogP contribution is 2.48. The summed E-state index contributed by atoms with van der Waals surface area (Å²) in [5.74, 6) is 0.433. The molecule has 2 aliphatic heterocycles. The first-order valence-corrected chi connectivity index (χ1v) is 12.0. The standard InChI is InChI=1S/C29H29F2NO3/c1-3-19-16-32(17-19)14-15-34-23-10-6-21(7-11-23)29-26(20-4-8-22(30)9-5-20)18(2)27-25(35-29)13-12-24(33)28(27)31/h4-13,19,29,33H,3,14-17H2,1-2H3/t29-/m0/s1. The molecule has 0 saturated carbocycles. The van der Waals surface area contributed by atoms with Crippen LogP contribution in [0.3, 0.4) is 0 Å². The van der Waals surface area contributed by atoms with Gasteiger partial charge in [-0.2, -0.15) is 0 Å². The van der Waals surface area contributed by atoms with Crippen molar-refractivity contribution in [1.29, 1.82) is 0 Å². The fraction of sp³-hybridized carbons (Fsp3) is 0.310. The van der Waals surface area contributed by atoms with Crippen molar-refractivity contribution in [2.75, 3.05) is 26.2 Å². The van der Waals surface area contributed by atoms with Crippen molar-refractivity contribution < 1.29 is 23.4 Å². The van der Waals surface area contributed by atoms with Crippen molar-refractivity contribution in [3.05, 3.63) is 89.0 Å². The Hall–Kier alpha value is -3.38. The Balaban J connectivity index is 1.40. The van der Waals surface area contributed by atoms with Gasteiger partial charge in [0, 0.05) is 25.2 Å². The third-order valence-corrected chi connectivity index (χ3v) is 6.99. The second kappa shape index (κ2) is 9.70. The number of phenolic OH excluding ortho intramolecular Hbond substituents is 1. The number of fused-ring (bicyclic) bond motifs is 1. The molecule has 1 N–H and O–H groups in total. The van der Waals surface area contributed by atoms with Crippen LogP contribution in [-0.4, -0.2) is 36.2 Å². The third-order valence-electron chi connectivity index (χ3n) is 6.99. The van der Waals surface area contributed by atoms with Gasteiger partial charge in [-0.15, -0.1) is 0 Å². The molecule has 35 heavy (non-hydrogen) atoms. The Morgan fingerprint density at radius 2 is 1.71 bits per heavy atom. The summed E-state index contributed by atoms with van der Waals surface area (Å²) in [4.78, 5) is 2.40. The highest BCUT2D eigenvalue weighted by atomic mass is 19.1. The molecule has 1 atom stereocenters. The Morgan fingerprint density at radius 3 is 2.40 bits per heavy atom. The van der Waals surface area contributed by atoms with Crippen molar-refractivity contribution in [2.24, 2.45) is 5.92 Å². The van der Waals surface area contributed by atoms with Gasteiger partial charge < -0.3 is 14.6 Å². The first-order valence-electron chi connectivity index (χ1n) is 12.0. The van der Waals surface area contributed by atoms with Gasteiger partial charge in [0.15, 0.2) is 11.6 Å². The lowest BCUT2D eigenvalue weighted by molar-refractivity contribution is 0.0806. The van der Waals surface area contributed by atoms with E-state index in [4.69, 9.17) is 9.47 Å². The predicted molar refractivity (Wildman–Crippen MR) is 132 cm³/mol. The van der Waals surface area contributed by atoms with Crippen LogP contribution in [0.5, 0.6) is 17.2 Å². The fourth-order valence-corrected chi connectivity index (χ4v) is 4.89. The van der Waals surface area contributed by atoms with E-state index in [1.165, 1.54) is 24.6 Å². The smallest absolute Gasteiger partial charge is 0.176 e. The highest BCUT2D eigenvalue weighted by Gasteiger charge is 2.32. The van der Waals surface area contributed by atoms with Gasteiger partial charge in [0.2, 0.25) is 0 Å². The van der Waals surface area contributed by atoms with Gasteiger partial charge in [-0.25, -0.2) is 8.78 Å². The Labute approximate surface area is 204 Å². The van der Waals surface area contributed by atoms with Gasteiger partial charge in [-0.3, -0.25) is 4.90 Å². The number of allylic oxidation sites excluding steroid dienone is 1. The molecular formula is C29H29F2NO3. The van der Waals surface area contributed by atoms with Crippen LogP contribution in [0.15, 0.2) is 60.7 Å². The van der Waals surface area contributed by atoms with E-state index >= 15 is 0 Å². The van der Waals surface area contributed by atoms with Crippen LogP contribution in [-0.2, 0) is 0 Å². The van der Waals surface area contributed by atoms with E-state index in [2.05, 4.69) is 11.8 Å². The fourth-order valence-electron chi connectivity index (χ4n) is 4.89. The van der Waals surface area contributed by atoms with Crippen LogP contribution < -0.4 is 9.47 Å². The second-order valence-corrected chi connectivity index (χ2v) is 9.27. The van der Waals surface area contributed by atoms with E-state index < -0.39 is 17.7 Å². The highest BCUT2D eigenvalue weighted by molar-refractivity contribution is 5.95. The third kappa shape index (κ3) is 4.63. The van der Waals surface area contributed by atoms with E-state index in [1.807, 2.05) is 24.3 Å². The zero-order chi connectivity index (χ0) is 24.5. The summed E-state index contributed by atoms with van der Waals surface area (Å²) in [6, 6.07) is 16.6. The number of nitrogens with zero attached hydrogens (tertiary/aromatic N) is 1. The molecule has 2 aliphatic rings. The molecule has 182 valence electrons. The van der Waals surface area contributed by atoms with Crippen LogP contribution in [0.2, 0.25) is 0 Å². The molecule has 5 rings (SSSR count). The minimum Gasteiger partial charge on any atom is -0.505 e. The molecule has 2 heterocycles. The summed E-state index contributed by atoms with van der Waals surface area (Å²) in [6.07, 6.45) is 0.701. The summed E-state index contributed by atoms with van der Waals surface area (Å²) in [6.45, 7) is 7.87. The molecule has 1 saturated heterocycles. The molecule has 0 unspecified atom stereocenters. The van der Waals surface area contributed by atoms with E-state index in [0.29, 0.717) is 17.9 Å². The van der Waals surface area contributed by atoms with E-state index in [9.17, 15) is 13.9 Å². The molecule has 3 aromatic rings. The Morgan fingerprint density at radius 1 is 1.00 bits per heavy atom. The van der Waals surface area contributed by atoms with Crippen LogP contribution in [0.4, 0.5) is 8.78 Å². The summed E-state index contributed by atoms with van der Waals surface area (Å²) in [7, 11) is 0. The van der Waals surface area contributed by atoms with E-state index in [-0.39, 0.29) is 11.4 Å². The van der Waals surface area contributed by atoms with Crippen LogP contribution >= 0.6 is 0 Å². The number of phenols is 1. The molecule has 1 fully saturated rings. The number of hydrogen-bond acceptors (Lipinski definition) is 4. The maximum absolute atomic E-state index is 14.9. The number of halogens is 2. The minimum absolute atomic E-state index is 0.219.